The molecule has 0 amide bonds. The van der Waals surface area contributed by atoms with Gasteiger partial charge in [-0.15, -0.1) is 10.2 Å². The summed E-state index contributed by atoms with van der Waals surface area (Å²) in [5, 5.41) is 9.42. The van der Waals surface area contributed by atoms with Gasteiger partial charge in [-0.05, 0) is 30.2 Å². The van der Waals surface area contributed by atoms with Crippen molar-refractivity contribution >= 4 is 28.8 Å². The molecule has 3 rings (SSSR count). The molecule has 0 atom stereocenters. The van der Waals surface area contributed by atoms with Gasteiger partial charge in [-0.2, -0.15) is 0 Å². The molecule has 25 heavy (non-hydrogen) atoms. The summed E-state index contributed by atoms with van der Waals surface area (Å²) in [6.07, 6.45) is 1.78. The number of hydrogen-bond acceptors (Lipinski definition) is 5. The summed E-state index contributed by atoms with van der Waals surface area (Å²) in [5.74, 6) is 2.14. The first-order valence-corrected chi connectivity index (χ1v) is 8.22. The second-order valence-corrected chi connectivity index (χ2v) is 6.23. The SMILES string of the molecule is COc1ccc(OC)c(N=Nc2c(C(C)C)nc3ccc(Cl)cn23)c1. The van der Waals surface area contributed by atoms with Crippen molar-refractivity contribution in [2.45, 2.75) is 19.8 Å². The molecule has 1 aromatic carbocycles. The predicted molar refractivity (Wildman–Crippen MR) is 98.0 cm³/mol. The highest BCUT2D eigenvalue weighted by atomic mass is 35.5. The quantitative estimate of drug-likeness (QED) is 0.562. The molecule has 7 heteroatoms. The lowest BCUT2D eigenvalue weighted by Gasteiger charge is -2.06. The van der Waals surface area contributed by atoms with Crippen LogP contribution in [0, 0.1) is 0 Å². The van der Waals surface area contributed by atoms with Crippen molar-refractivity contribution in [1.82, 2.24) is 9.38 Å². The Labute approximate surface area is 151 Å². The standard InChI is InChI=1S/C18H19ClN4O2/c1-11(2)17-18(23-10-12(19)5-8-16(23)20-17)22-21-14-9-13(24-3)6-7-15(14)25-4/h5-11H,1-4H3. The van der Waals surface area contributed by atoms with E-state index in [0.717, 1.165) is 11.3 Å². The lowest BCUT2D eigenvalue weighted by Crippen LogP contribution is -1.88. The third-order valence-electron chi connectivity index (χ3n) is 3.77. The van der Waals surface area contributed by atoms with Gasteiger partial charge in [-0.1, -0.05) is 25.4 Å². The van der Waals surface area contributed by atoms with Crippen LogP contribution in [0.3, 0.4) is 0 Å². The second-order valence-electron chi connectivity index (χ2n) is 5.79. The molecule has 0 spiro atoms. The molecule has 0 aliphatic rings. The largest absolute Gasteiger partial charge is 0.497 e. The normalized spacial score (nSPS) is 11.6. The van der Waals surface area contributed by atoms with E-state index >= 15 is 0 Å². The van der Waals surface area contributed by atoms with Crippen LogP contribution in [-0.2, 0) is 0 Å². The average Bonchev–Trinajstić information content (AvgIpc) is 2.97. The van der Waals surface area contributed by atoms with Crippen LogP contribution in [0.15, 0.2) is 46.8 Å². The van der Waals surface area contributed by atoms with Crippen molar-refractivity contribution in [3.05, 3.63) is 47.2 Å². The van der Waals surface area contributed by atoms with Gasteiger partial charge in [0.1, 0.15) is 22.8 Å². The Morgan fingerprint density at radius 1 is 1.08 bits per heavy atom. The van der Waals surface area contributed by atoms with Crippen LogP contribution in [0.25, 0.3) is 5.65 Å². The molecule has 130 valence electrons. The lowest BCUT2D eigenvalue weighted by molar-refractivity contribution is 0.404. The minimum Gasteiger partial charge on any atom is -0.497 e. The zero-order valence-corrected chi connectivity index (χ0v) is 15.3. The molecule has 0 saturated heterocycles. The van der Waals surface area contributed by atoms with Crippen molar-refractivity contribution in [2.24, 2.45) is 10.2 Å². The maximum Gasteiger partial charge on any atom is 0.183 e. The minimum absolute atomic E-state index is 0.194. The van der Waals surface area contributed by atoms with Crippen LogP contribution in [-0.4, -0.2) is 23.6 Å². The average molecular weight is 359 g/mol. The molecule has 0 fully saturated rings. The molecule has 0 bridgehead atoms. The topological polar surface area (TPSA) is 60.5 Å². The molecule has 2 aromatic heterocycles. The number of methoxy groups -OCH3 is 2. The summed E-state index contributed by atoms with van der Waals surface area (Å²) >= 11 is 6.13. The number of imidazole rings is 1. The fourth-order valence-corrected chi connectivity index (χ4v) is 2.65. The Kier molecular flexibility index (Phi) is 4.90. The van der Waals surface area contributed by atoms with Gasteiger partial charge < -0.3 is 9.47 Å². The van der Waals surface area contributed by atoms with Crippen LogP contribution in [0.2, 0.25) is 5.02 Å². The van der Waals surface area contributed by atoms with E-state index in [0.29, 0.717) is 28.0 Å². The summed E-state index contributed by atoms with van der Waals surface area (Å²) in [5.41, 5.74) is 2.21. The zero-order valence-electron chi connectivity index (χ0n) is 14.5. The number of azo groups is 1. The van der Waals surface area contributed by atoms with Gasteiger partial charge in [0.2, 0.25) is 0 Å². The van der Waals surface area contributed by atoms with E-state index in [9.17, 15) is 0 Å². The summed E-state index contributed by atoms with van der Waals surface area (Å²) in [6, 6.07) is 9.04. The van der Waals surface area contributed by atoms with Crippen LogP contribution in [0.4, 0.5) is 11.5 Å². The first-order valence-electron chi connectivity index (χ1n) is 7.84. The number of ether oxygens (including phenoxy) is 2. The van der Waals surface area contributed by atoms with E-state index < -0.39 is 0 Å². The minimum atomic E-state index is 0.194. The van der Waals surface area contributed by atoms with E-state index in [4.69, 9.17) is 21.1 Å². The van der Waals surface area contributed by atoms with Gasteiger partial charge in [0.25, 0.3) is 0 Å². The van der Waals surface area contributed by atoms with E-state index in [-0.39, 0.29) is 5.92 Å². The zero-order chi connectivity index (χ0) is 18.0. The highest BCUT2D eigenvalue weighted by molar-refractivity contribution is 6.30. The summed E-state index contributed by atoms with van der Waals surface area (Å²) in [4.78, 5) is 4.64. The molecular weight excluding hydrogens is 340 g/mol. The predicted octanol–water partition coefficient (Wildman–Crippen LogP) is 5.54. The van der Waals surface area contributed by atoms with Gasteiger partial charge >= 0.3 is 0 Å². The van der Waals surface area contributed by atoms with Gasteiger partial charge in [-0.3, -0.25) is 4.40 Å². The van der Waals surface area contributed by atoms with E-state index in [1.165, 1.54) is 0 Å². The second kappa shape index (κ2) is 7.11. The molecule has 3 aromatic rings. The first-order chi connectivity index (χ1) is 12.0. The number of pyridine rings is 1. The van der Waals surface area contributed by atoms with E-state index in [1.807, 2.05) is 16.5 Å². The Morgan fingerprint density at radius 3 is 2.56 bits per heavy atom. The highest BCUT2D eigenvalue weighted by Gasteiger charge is 2.15. The molecule has 0 radical (unpaired) electrons. The van der Waals surface area contributed by atoms with Crippen molar-refractivity contribution in [3.8, 4) is 11.5 Å². The van der Waals surface area contributed by atoms with Crippen LogP contribution < -0.4 is 9.47 Å². The molecule has 6 nitrogen and oxygen atoms in total. The number of benzene rings is 1. The molecular formula is C18H19ClN4O2. The van der Waals surface area contributed by atoms with Gasteiger partial charge in [0.15, 0.2) is 5.82 Å². The third kappa shape index (κ3) is 3.44. The summed E-state index contributed by atoms with van der Waals surface area (Å²) < 4.78 is 12.4. The molecule has 2 heterocycles. The fourth-order valence-electron chi connectivity index (χ4n) is 2.49. The van der Waals surface area contributed by atoms with Crippen LogP contribution in [0.5, 0.6) is 11.5 Å². The van der Waals surface area contributed by atoms with Crippen molar-refractivity contribution in [3.63, 3.8) is 0 Å². The number of fused-ring (bicyclic) bond motifs is 1. The molecule has 0 saturated carbocycles. The molecule has 0 N–H and O–H groups in total. The van der Waals surface area contributed by atoms with Crippen LogP contribution in [0.1, 0.15) is 25.5 Å². The Morgan fingerprint density at radius 2 is 1.88 bits per heavy atom. The van der Waals surface area contributed by atoms with Gasteiger partial charge in [0, 0.05) is 12.3 Å². The van der Waals surface area contributed by atoms with Crippen molar-refractivity contribution < 1.29 is 9.47 Å². The Hall–Kier alpha value is -2.60. The smallest absolute Gasteiger partial charge is 0.183 e. The molecule has 0 unspecified atom stereocenters. The highest BCUT2D eigenvalue weighted by Crippen LogP contribution is 2.35. The fraction of sp³-hybridized carbons (Fsp3) is 0.278. The van der Waals surface area contributed by atoms with Crippen LogP contribution >= 0.6 is 11.6 Å². The maximum absolute atomic E-state index is 6.13. The summed E-state index contributed by atoms with van der Waals surface area (Å²) in [7, 11) is 3.19. The number of aromatic nitrogens is 2. The van der Waals surface area contributed by atoms with Gasteiger partial charge in [0.05, 0.1) is 24.9 Å². The molecule has 0 aliphatic heterocycles. The van der Waals surface area contributed by atoms with E-state index in [2.05, 4.69) is 29.1 Å². The number of nitrogens with zero attached hydrogens (tertiary/aromatic N) is 4. The van der Waals surface area contributed by atoms with E-state index in [1.54, 1.807) is 38.6 Å². The Bertz CT molecular complexity index is 934. The number of rotatable bonds is 5. The van der Waals surface area contributed by atoms with Gasteiger partial charge in [-0.25, -0.2) is 4.98 Å². The monoisotopic (exact) mass is 358 g/mol. The first kappa shape index (κ1) is 17.2. The number of halogens is 1. The number of hydrogen-bond donors (Lipinski definition) is 0. The molecule has 0 aliphatic carbocycles. The lowest BCUT2D eigenvalue weighted by atomic mass is 10.1. The Balaban J connectivity index is 2.12. The van der Waals surface area contributed by atoms with Crippen molar-refractivity contribution in [2.75, 3.05) is 14.2 Å². The third-order valence-corrected chi connectivity index (χ3v) is 3.99. The van der Waals surface area contributed by atoms with Crippen molar-refractivity contribution in [1.29, 1.82) is 0 Å². The summed E-state index contributed by atoms with van der Waals surface area (Å²) in [6.45, 7) is 4.13. The maximum atomic E-state index is 6.13.